The van der Waals surface area contributed by atoms with E-state index < -0.39 is 0 Å². The Kier molecular flexibility index (Phi) is 3.43. The van der Waals surface area contributed by atoms with Gasteiger partial charge in [-0.1, -0.05) is 0 Å². The van der Waals surface area contributed by atoms with Crippen molar-refractivity contribution in [3.63, 3.8) is 0 Å². The predicted molar refractivity (Wildman–Crippen MR) is 60.4 cm³/mol. The summed E-state index contributed by atoms with van der Waals surface area (Å²) >= 11 is 1.86. The van der Waals surface area contributed by atoms with E-state index in [1.54, 1.807) is 0 Å². The van der Waals surface area contributed by atoms with Gasteiger partial charge in [-0.25, -0.2) is 4.98 Å². The summed E-state index contributed by atoms with van der Waals surface area (Å²) in [5.74, 6) is 2.63. The van der Waals surface area contributed by atoms with Crippen LogP contribution >= 0.6 is 11.8 Å². The van der Waals surface area contributed by atoms with E-state index in [-0.39, 0.29) is 12.2 Å². The van der Waals surface area contributed by atoms with Crippen molar-refractivity contribution in [3.05, 3.63) is 27.4 Å². The second-order valence-electron chi connectivity index (χ2n) is 3.52. The molecule has 4 nitrogen and oxygen atoms in total. The third kappa shape index (κ3) is 2.41. The molecular weight excluding hydrogens is 212 g/mol. The van der Waals surface area contributed by atoms with Gasteiger partial charge in [-0.2, -0.15) is 11.8 Å². The summed E-state index contributed by atoms with van der Waals surface area (Å²) in [7, 11) is 0. The number of nitrogens with one attached hydrogen (secondary N) is 1. The third-order valence-corrected chi connectivity index (χ3v) is 3.46. The zero-order valence-electron chi connectivity index (χ0n) is 8.45. The van der Waals surface area contributed by atoms with E-state index in [2.05, 4.69) is 9.97 Å². The number of hydrogen-bond acceptors (Lipinski definition) is 4. The summed E-state index contributed by atoms with van der Waals surface area (Å²) in [5, 5.41) is 8.80. The van der Waals surface area contributed by atoms with E-state index in [0.717, 1.165) is 35.6 Å². The van der Waals surface area contributed by atoms with Gasteiger partial charge < -0.3 is 10.1 Å². The third-order valence-electron chi connectivity index (χ3n) is 2.48. The fourth-order valence-corrected chi connectivity index (χ4v) is 2.62. The Labute approximate surface area is 92.1 Å². The quantitative estimate of drug-likeness (QED) is 0.752. The maximum Gasteiger partial charge on any atom is 0.254 e. The van der Waals surface area contributed by atoms with Crippen molar-refractivity contribution in [2.45, 2.75) is 19.3 Å². The first kappa shape index (κ1) is 10.7. The monoisotopic (exact) mass is 226 g/mol. The number of aromatic nitrogens is 2. The first-order valence-electron chi connectivity index (χ1n) is 5.11. The lowest BCUT2D eigenvalue weighted by atomic mass is 10.1. The van der Waals surface area contributed by atoms with Gasteiger partial charge in [-0.05, 0) is 24.3 Å². The molecule has 0 unspecified atom stereocenters. The van der Waals surface area contributed by atoms with Crippen molar-refractivity contribution < 1.29 is 5.11 Å². The number of aliphatic hydroxyl groups excluding tert-OH is 1. The molecule has 2 N–H and O–H groups in total. The van der Waals surface area contributed by atoms with Gasteiger partial charge in [-0.15, -0.1) is 0 Å². The fourth-order valence-electron chi connectivity index (χ4n) is 1.73. The number of thioether (sulfide) groups is 1. The van der Waals surface area contributed by atoms with Gasteiger partial charge in [0.05, 0.1) is 12.3 Å². The Hall–Kier alpha value is -0.810. The molecule has 2 rings (SSSR count). The number of hydrogen-bond donors (Lipinski definition) is 2. The van der Waals surface area contributed by atoms with Crippen LogP contribution in [0.5, 0.6) is 0 Å². The molecule has 0 fully saturated rings. The number of fused-ring (bicyclic) bond motifs is 1. The van der Waals surface area contributed by atoms with Crippen LogP contribution in [0.4, 0.5) is 0 Å². The second kappa shape index (κ2) is 4.81. The first-order chi connectivity index (χ1) is 7.31. The Morgan fingerprint density at radius 3 is 3.00 bits per heavy atom. The van der Waals surface area contributed by atoms with Crippen LogP contribution in [-0.2, 0) is 19.3 Å². The van der Waals surface area contributed by atoms with Crippen LogP contribution < -0.4 is 5.56 Å². The van der Waals surface area contributed by atoms with Gasteiger partial charge in [-0.3, -0.25) is 4.79 Å². The average Bonchev–Trinajstić information content (AvgIpc) is 2.43. The molecule has 0 bridgehead atoms. The van der Waals surface area contributed by atoms with Crippen molar-refractivity contribution >= 4 is 11.8 Å². The molecule has 15 heavy (non-hydrogen) atoms. The van der Waals surface area contributed by atoms with Crippen LogP contribution in [0.15, 0.2) is 4.79 Å². The summed E-state index contributed by atoms with van der Waals surface area (Å²) in [6.07, 6.45) is 2.10. The van der Waals surface area contributed by atoms with Gasteiger partial charge in [0.1, 0.15) is 5.82 Å². The van der Waals surface area contributed by atoms with Crippen LogP contribution in [0.2, 0.25) is 0 Å². The highest BCUT2D eigenvalue weighted by Gasteiger charge is 2.14. The lowest BCUT2D eigenvalue weighted by Crippen LogP contribution is -2.20. The van der Waals surface area contributed by atoms with Gasteiger partial charge in [0.25, 0.3) is 5.56 Å². The summed E-state index contributed by atoms with van der Waals surface area (Å²) < 4.78 is 0. The Bertz CT molecular complexity index is 403. The molecule has 0 aromatic carbocycles. The largest absolute Gasteiger partial charge is 0.396 e. The van der Waals surface area contributed by atoms with E-state index in [4.69, 9.17) is 5.11 Å². The molecule has 0 saturated carbocycles. The maximum atomic E-state index is 11.7. The van der Waals surface area contributed by atoms with Gasteiger partial charge in [0.2, 0.25) is 0 Å². The molecule has 1 aliphatic rings. The average molecular weight is 226 g/mol. The number of nitrogens with zero attached hydrogens (tertiary/aromatic N) is 1. The highest BCUT2D eigenvalue weighted by atomic mass is 32.2. The minimum atomic E-state index is -0.0223. The van der Waals surface area contributed by atoms with Crippen LogP contribution in [0, 0.1) is 0 Å². The van der Waals surface area contributed by atoms with E-state index in [1.807, 2.05) is 11.8 Å². The van der Waals surface area contributed by atoms with Crippen LogP contribution in [-0.4, -0.2) is 33.2 Å². The zero-order chi connectivity index (χ0) is 10.7. The SMILES string of the molecule is O=c1[nH]c(CCO)nc2c1CCSCC2. The Balaban J connectivity index is 2.39. The summed E-state index contributed by atoms with van der Waals surface area (Å²) in [5.41, 5.74) is 1.74. The molecule has 0 amide bonds. The van der Waals surface area contributed by atoms with Crippen molar-refractivity contribution in [2.24, 2.45) is 0 Å². The second-order valence-corrected chi connectivity index (χ2v) is 4.75. The smallest absolute Gasteiger partial charge is 0.254 e. The topological polar surface area (TPSA) is 66.0 Å². The number of aliphatic hydroxyl groups is 1. The van der Waals surface area contributed by atoms with Crippen molar-refractivity contribution in [3.8, 4) is 0 Å². The molecule has 0 atom stereocenters. The van der Waals surface area contributed by atoms with Gasteiger partial charge in [0.15, 0.2) is 0 Å². The highest BCUT2D eigenvalue weighted by Crippen LogP contribution is 2.15. The molecule has 0 radical (unpaired) electrons. The molecule has 0 aliphatic carbocycles. The number of aromatic amines is 1. The molecule has 82 valence electrons. The first-order valence-corrected chi connectivity index (χ1v) is 6.26. The molecular formula is C10H14N2O2S. The lowest BCUT2D eigenvalue weighted by Gasteiger charge is -2.05. The normalized spacial score (nSPS) is 15.8. The molecule has 0 saturated heterocycles. The molecule has 5 heteroatoms. The van der Waals surface area contributed by atoms with Gasteiger partial charge >= 0.3 is 0 Å². The van der Waals surface area contributed by atoms with Crippen LogP contribution in [0.1, 0.15) is 17.1 Å². The highest BCUT2D eigenvalue weighted by molar-refractivity contribution is 7.99. The van der Waals surface area contributed by atoms with Crippen molar-refractivity contribution in [1.82, 2.24) is 9.97 Å². The minimum Gasteiger partial charge on any atom is -0.396 e. The summed E-state index contributed by atoms with van der Waals surface area (Å²) in [6, 6.07) is 0. The molecule has 1 aromatic heterocycles. The summed E-state index contributed by atoms with van der Waals surface area (Å²) in [6.45, 7) is 0.0243. The van der Waals surface area contributed by atoms with Crippen molar-refractivity contribution in [2.75, 3.05) is 18.1 Å². The van der Waals surface area contributed by atoms with Crippen LogP contribution in [0.3, 0.4) is 0 Å². The van der Waals surface area contributed by atoms with Crippen LogP contribution in [0.25, 0.3) is 0 Å². The number of H-pyrrole nitrogens is 1. The number of rotatable bonds is 2. The summed E-state index contributed by atoms with van der Waals surface area (Å²) in [4.78, 5) is 18.8. The predicted octanol–water partition coefficient (Wildman–Crippen LogP) is 0.136. The van der Waals surface area contributed by atoms with E-state index in [0.29, 0.717) is 12.2 Å². The molecule has 0 spiro atoms. The molecule has 1 aromatic rings. The van der Waals surface area contributed by atoms with E-state index in [9.17, 15) is 4.79 Å². The maximum absolute atomic E-state index is 11.7. The zero-order valence-corrected chi connectivity index (χ0v) is 9.27. The number of aryl methyl sites for hydroxylation is 1. The van der Waals surface area contributed by atoms with Gasteiger partial charge in [0, 0.05) is 12.0 Å². The Morgan fingerprint density at radius 1 is 1.40 bits per heavy atom. The lowest BCUT2D eigenvalue weighted by molar-refractivity contribution is 0.296. The van der Waals surface area contributed by atoms with E-state index >= 15 is 0 Å². The Morgan fingerprint density at radius 2 is 2.20 bits per heavy atom. The minimum absolute atomic E-state index is 0.0223. The fraction of sp³-hybridized carbons (Fsp3) is 0.600. The van der Waals surface area contributed by atoms with Crippen molar-refractivity contribution in [1.29, 1.82) is 0 Å². The standard InChI is InChI=1S/C10H14N2O2S/c13-4-1-9-11-8-3-6-15-5-2-7(8)10(14)12-9/h13H,1-6H2,(H,11,12,14). The molecule has 2 heterocycles. The molecule has 1 aliphatic heterocycles. The van der Waals surface area contributed by atoms with E-state index in [1.165, 1.54) is 0 Å².